The fraction of sp³-hybridized carbons (Fsp3) is 0.292. The maximum absolute atomic E-state index is 6.58. The molecule has 0 spiro atoms. The molecule has 4 aromatic rings. The predicted molar refractivity (Wildman–Crippen MR) is 134 cm³/mol. The maximum Gasteiger partial charge on any atom is 0.225 e. The molecule has 2 aromatic carbocycles. The smallest absolute Gasteiger partial charge is 0.225 e. The van der Waals surface area contributed by atoms with Crippen LogP contribution in [0.15, 0.2) is 48.5 Å². The highest BCUT2D eigenvalue weighted by molar-refractivity contribution is 6.30. The number of nitrogens with two attached hydrogens (primary N) is 1. The van der Waals surface area contributed by atoms with Gasteiger partial charge in [0.2, 0.25) is 5.95 Å². The minimum atomic E-state index is 0.454. The summed E-state index contributed by atoms with van der Waals surface area (Å²) in [6.07, 6.45) is 0. The van der Waals surface area contributed by atoms with E-state index in [1.165, 1.54) is 0 Å². The molecule has 0 saturated carbocycles. The summed E-state index contributed by atoms with van der Waals surface area (Å²) in [6, 6.07) is 15.1. The number of fused-ring (bicyclic) bond motifs is 1. The lowest BCUT2D eigenvalue weighted by Gasteiger charge is -2.26. The van der Waals surface area contributed by atoms with Gasteiger partial charge in [-0.15, -0.1) is 5.10 Å². The Morgan fingerprint density at radius 3 is 2.65 bits per heavy atom. The number of halogens is 1. The SMILES string of the molecule is COc1ccc(-n2nc3nc(NCCN4CCOCC4)nc(-c4cccc(Cl)c4)c3c2N)cc1. The van der Waals surface area contributed by atoms with Crippen LogP contribution in [0.3, 0.4) is 0 Å². The molecule has 1 saturated heterocycles. The van der Waals surface area contributed by atoms with Gasteiger partial charge in [-0.3, -0.25) is 4.90 Å². The summed E-state index contributed by atoms with van der Waals surface area (Å²) in [7, 11) is 1.63. The molecule has 9 nitrogen and oxygen atoms in total. The third-order valence-corrected chi connectivity index (χ3v) is 6.03. The second kappa shape index (κ2) is 9.84. The first kappa shape index (κ1) is 22.4. The van der Waals surface area contributed by atoms with Gasteiger partial charge in [0.05, 0.1) is 37.1 Å². The minimum absolute atomic E-state index is 0.454. The first-order valence-corrected chi connectivity index (χ1v) is 11.5. The van der Waals surface area contributed by atoms with Gasteiger partial charge < -0.3 is 20.5 Å². The van der Waals surface area contributed by atoms with Crippen molar-refractivity contribution in [2.45, 2.75) is 0 Å². The van der Waals surface area contributed by atoms with Crippen molar-refractivity contribution in [3.63, 3.8) is 0 Å². The Morgan fingerprint density at radius 2 is 1.91 bits per heavy atom. The maximum atomic E-state index is 6.58. The molecule has 0 atom stereocenters. The second-order valence-electron chi connectivity index (χ2n) is 7.98. The molecular weight excluding hydrogens is 454 g/mol. The minimum Gasteiger partial charge on any atom is -0.497 e. The average molecular weight is 480 g/mol. The first-order chi connectivity index (χ1) is 16.6. The van der Waals surface area contributed by atoms with Crippen LogP contribution in [0.4, 0.5) is 11.8 Å². The molecule has 0 bridgehead atoms. The zero-order valence-corrected chi connectivity index (χ0v) is 19.6. The van der Waals surface area contributed by atoms with Crippen LogP contribution >= 0.6 is 11.6 Å². The highest BCUT2D eigenvalue weighted by atomic mass is 35.5. The first-order valence-electron chi connectivity index (χ1n) is 11.1. The van der Waals surface area contributed by atoms with Gasteiger partial charge in [0.1, 0.15) is 11.6 Å². The van der Waals surface area contributed by atoms with Crippen LogP contribution in [0.5, 0.6) is 5.75 Å². The van der Waals surface area contributed by atoms with E-state index in [1.54, 1.807) is 11.8 Å². The number of nitrogen functional groups attached to an aromatic ring is 1. The second-order valence-corrected chi connectivity index (χ2v) is 8.42. The van der Waals surface area contributed by atoms with Crippen molar-refractivity contribution in [2.75, 3.05) is 57.6 Å². The van der Waals surface area contributed by atoms with Crippen molar-refractivity contribution in [1.82, 2.24) is 24.6 Å². The van der Waals surface area contributed by atoms with E-state index in [4.69, 9.17) is 36.9 Å². The Kier molecular flexibility index (Phi) is 6.48. The van der Waals surface area contributed by atoms with E-state index in [2.05, 4.69) is 15.2 Å². The number of aromatic nitrogens is 4. The molecule has 0 unspecified atom stereocenters. The molecule has 3 heterocycles. The van der Waals surface area contributed by atoms with Crippen LogP contribution in [-0.2, 0) is 4.74 Å². The lowest BCUT2D eigenvalue weighted by Crippen LogP contribution is -2.39. The monoisotopic (exact) mass is 479 g/mol. The molecule has 34 heavy (non-hydrogen) atoms. The van der Waals surface area contributed by atoms with Gasteiger partial charge in [-0.05, 0) is 36.4 Å². The number of nitrogens with zero attached hydrogens (tertiary/aromatic N) is 5. The predicted octanol–water partition coefficient (Wildman–Crippen LogP) is 3.47. The highest BCUT2D eigenvalue weighted by Crippen LogP contribution is 2.34. The fourth-order valence-corrected chi connectivity index (χ4v) is 4.20. The van der Waals surface area contributed by atoms with E-state index in [-0.39, 0.29) is 0 Å². The Hall–Kier alpha value is -3.40. The quantitative estimate of drug-likeness (QED) is 0.415. The van der Waals surface area contributed by atoms with Gasteiger partial charge in [0, 0.05) is 36.8 Å². The van der Waals surface area contributed by atoms with Crippen LogP contribution in [-0.4, -0.2) is 71.2 Å². The molecule has 1 fully saturated rings. The standard InChI is InChI=1S/C24H26ClN7O2/c1-33-19-7-5-18(6-8-19)32-22(26)20-21(16-3-2-4-17(25)15-16)28-24(29-23(20)30-32)27-9-10-31-11-13-34-14-12-31/h2-8,15H,9-14,26H2,1H3,(H,27,29,30). The number of rotatable bonds is 7. The van der Waals surface area contributed by atoms with Gasteiger partial charge in [-0.2, -0.15) is 4.98 Å². The molecule has 3 N–H and O–H groups in total. The Labute approximate surface area is 202 Å². The van der Waals surface area contributed by atoms with Gasteiger partial charge in [0.15, 0.2) is 5.65 Å². The number of morpholine rings is 1. The van der Waals surface area contributed by atoms with Gasteiger partial charge >= 0.3 is 0 Å². The van der Waals surface area contributed by atoms with Gasteiger partial charge in [0.25, 0.3) is 0 Å². The number of ether oxygens (including phenoxy) is 2. The molecule has 0 aliphatic carbocycles. The van der Waals surface area contributed by atoms with Gasteiger partial charge in [-0.1, -0.05) is 23.7 Å². The van der Waals surface area contributed by atoms with E-state index in [0.29, 0.717) is 40.1 Å². The van der Waals surface area contributed by atoms with Gasteiger partial charge in [-0.25, -0.2) is 9.67 Å². The largest absolute Gasteiger partial charge is 0.497 e. The molecule has 0 amide bonds. The van der Waals surface area contributed by atoms with Crippen molar-refractivity contribution in [1.29, 1.82) is 0 Å². The zero-order valence-electron chi connectivity index (χ0n) is 18.9. The molecule has 2 aromatic heterocycles. The molecule has 10 heteroatoms. The Morgan fingerprint density at radius 1 is 1.12 bits per heavy atom. The van der Waals surface area contributed by atoms with Crippen molar-refractivity contribution < 1.29 is 9.47 Å². The van der Waals surface area contributed by atoms with E-state index < -0.39 is 0 Å². The molecule has 1 aliphatic heterocycles. The number of methoxy groups -OCH3 is 1. The number of nitrogens with one attached hydrogen (secondary N) is 1. The summed E-state index contributed by atoms with van der Waals surface area (Å²) in [5.41, 5.74) is 9.41. The summed E-state index contributed by atoms with van der Waals surface area (Å²) in [5.74, 6) is 1.70. The summed E-state index contributed by atoms with van der Waals surface area (Å²) < 4.78 is 12.4. The number of hydrogen-bond acceptors (Lipinski definition) is 8. The summed E-state index contributed by atoms with van der Waals surface area (Å²) in [5, 5.41) is 9.35. The van der Waals surface area contributed by atoms with Crippen molar-refractivity contribution >= 4 is 34.4 Å². The summed E-state index contributed by atoms with van der Waals surface area (Å²) >= 11 is 6.29. The highest BCUT2D eigenvalue weighted by Gasteiger charge is 2.20. The number of hydrogen-bond donors (Lipinski definition) is 2. The average Bonchev–Trinajstić information content (AvgIpc) is 3.20. The summed E-state index contributed by atoms with van der Waals surface area (Å²) in [6.45, 7) is 4.97. The van der Waals surface area contributed by atoms with Crippen molar-refractivity contribution in [3.05, 3.63) is 53.6 Å². The topological polar surface area (TPSA) is 103 Å². The lowest BCUT2D eigenvalue weighted by atomic mass is 10.1. The van der Waals surface area contributed by atoms with E-state index >= 15 is 0 Å². The number of benzene rings is 2. The van der Waals surface area contributed by atoms with Crippen molar-refractivity contribution in [3.8, 4) is 22.7 Å². The van der Waals surface area contributed by atoms with Crippen LogP contribution < -0.4 is 15.8 Å². The Balaban J connectivity index is 1.53. The molecular formula is C24H26ClN7O2. The van der Waals surface area contributed by atoms with Crippen molar-refractivity contribution in [2.24, 2.45) is 0 Å². The fourth-order valence-electron chi connectivity index (χ4n) is 4.01. The third-order valence-electron chi connectivity index (χ3n) is 5.80. The van der Waals surface area contributed by atoms with E-state index in [1.807, 2.05) is 48.5 Å². The lowest BCUT2D eigenvalue weighted by molar-refractivity contribution is 0.0398. The van der Waals surface area contributed by atoms with Crippen LogP contribution in [0.1, 0.15) is 0 Å². The zero-order chi connectivity index (χ0) is 23.5. The third kappa shape index (κ3) is 4.63. The normalized spacial score (nSPS) is 14.4. The van der Waals surface area contributed by atoms with Crippen LogP contribution in [0.2, 0.25) is 5.02 Å². The Bertz CT molecular complexity index is 1290. The van der Waals surface area contributed by atoms with Crippen LogP contribution in [0, 0.1) is 0 Å². The molecule has 5 rings (SSSR count). The molecule has 176 valence electrons. The van der Waals surface area contributed by atoms with Crippen LogP contribution in [0.25, 0.3) is 28.0 Å². The van der Waals surface area contributed by atoms with E-state index in [0.717, 1.165) is 49.8 Å². The summed E-state index contributed by atoms with van der Waals surface area (Å²) in [4.78, 5) is 11.8. The number of anilines is 2. The molecule has 1 aliphatic rings. The van der Waals surface area contributed by atoms with E-state index in [9.17, 15) is 0 Å². The molecule has 0 radical (unpaired) electrons.